The predicted octanol–water partition coefficient (Wildman–Crippen LogP) is 3.50. The predicted molar refractivity (Wildman–Crippen MR) is 83.6 cm³/mol. The van der Waals surface area contributed by atoms with Crippen molar-refractivity contribution in [1.82, 2.24) is 5.32 Å². The fourth-order valence-corrected chi connectivity index (χ4v) is 2.50. The number of nitrogens with one attached hydrogen (secondary N) is 1. The highest BCUT2D eigenvalue weighted by atomic mass is 32.2. The summed E-state index contributed by atoms with van der Waals surface area (Å²) in [6.07, 6.45) is 4.35. The Morgan fingerprint density at radius 1 is 1.26 bits per heavy atom. The summed E-state index contributed by atoms with van der Waals surface area (Å²) in [6.45, 7) is 3.20. The number of hydrogen-bond acceptors (Lipinski definition) is 4. The van der Waals surface area contributed by atoms with E-state index in [4.69, 9.17) is 9.47 Å². The first-order valence-electron chi connectivity index (χ1n) is 6.71. The molecule has 3 nitrogen and oxygen atoms in total. The average molecular weight is 283 g/mol. The number of thioether (sulfide) groups is 1. The second kappa shape index (κ2) is 9.10. The van der Waals surface area contributed by atoms with Gasteiger partial charge in [-0.3, -0.25) is 0 Å². The molecule has 1 N–H and O–H groups in total. The molecule has 0 aromatic heterocycles. The van der Waals surface area contributed by atoms with Gasteiger partial charge in [0.05, 0.1) is 14.2 Å². The Morgan fingerprint density at radius 3 is 2.63 bits per heavy atom. The van der Waals surface area contributed by atoms with Crippen LogP contribution in [0.5, 0.6) is 11.5 Å². The van der Waals surface area contributed by atoms with Crippen LogP contribution >= 0.6 is 11.8 Å². The van der Waals surface area contributed by atoms with Crippen molar-refractivity contribution in [1.29, 1.82) is 0 Å². The molecule has 0 fully saturated rings. The third-order valence-corrected chi connectivity index (χ3v) is 3.71. The minimum atomic E-state index is 0.317. The first-order valence-corrected chi connectivity index (χ1v) is 8.10. The molecule has 0 spiro atoms. The lowest BCUT2D eigenvalue weighted by Gasteiger charge is -2.21. The van der Waals surface area contributed by atoms with E-state index in [1.807, 2.05) is 23.9 Å². The van der Waals surface area contributed by atoms with Gasteiger partial charge in [0.25, 0.3) is 0 Å². The van der Waals surface area contributed by atoms with Crippen LogP contribution in [0.1, 0.15) is 31.4 Å². The van der Waals surface area contributed by atoms with Gasteiger partial charge in [-0.2, -0.15) is 11.8 Å². The van der Waals surface area contributed by atoms with Gasteiger partial charge >= 0.3 is 0 Å². The van der Waals surface area contributed by atoms with Gasteiger partial charge in [-0.15, -0.1) is 0 Å². The maximum absolute atomic E-state index is 5.48. The Morgan fingerprint density at radius 2 is 2.05 bits per heavy atom. The van der Waals surface area contributed by atoms with Crippen LogP contribution in [-0.2, 0) is 0 Å². The summed E-state index contributed by atoms with van der Waals surface area (Å²) in [7, 11) is 3.42. The molecular formula is C15H25NO2S. The molecule has 0 bridgehead atoms. The lowest BCUT2D eigenvalue weighted by Crippen LogP contribution is -2.23. The molecule has 1 aromatic carbocycles. The first-order chi connectivity index (χ1) is 9.26. The standard InChI is InChI=1S/C15H25NO2S/c1-5-9-16-14(8-10-19-4)13-11-12(17-2)6-7-15(13)18-3/h6-7,11,14,16H,5,8-10H2,1-4H3. The van der Waals surface area contributed by atoms with Gasteiger partial charge in [0.15, 0.2) is 0 Å². The van der Waals surface area contributed by atoms with Crippen LogP contribution in [0, 0.1) is 0 Å². The van der Waals surface area contributed by atoms with Crippen molar-refractivity contribution < 1.29 is 9.47 Å². The van der Waals surface area contributed by atoms with E-state index in [-0.39, 0.29) is 0 Å². The largest absolute Gasteiger partial charge is 0.497 e. The summed E-state index contributed by atoms with van der Waals surface area (Å²) < 4.78 is 10.8. The Labute approximate surface area is 121 Å². The van der Waals surface area contributed by atoms with Crippen LogP contribution in [0.3, 0.4) is 0 Å². The van der Waals surface area contributed by atoms with Gasteiger partial charge in [-0.05, 0) is 49.6 Å². The molecule has 0 saturated heterocycles. The van der Waals surface area contributed by atoms with E-state index in [0.717, 1.165) is 36.6 Å². The number of methoxy groups -OCH3 is 2. The second-order valence-corrected chi connectivity index (χ2v) is 5.38. The first kappa shape index (κ1) is 16.2. The normalized spacial score (nSPS) is 12.2. The molecule has 1 atom stereocenters. The van der Waals surface area contributed by atoms with Gasteiger partial charge in [-0.1, -0.05) is 6.92 Å². The SMILES string of the molecule is CCCNC(CCSC)c1cc(OC)ccc1OC. The van der Waals surface area contributed by atoms with E-state index in [9.17, 15) is 0 Å². The highest BCUT2D eigenvalue weighted by Crippen LogP contribution is 2.31. The van der Waals surface area contributed by atoms with Crippen molar-refractivity contribution in [2.75, 3.05) is 32.8 Å². The zero-order valence-electron chi connectivity index (χ0n) is 12.4. The second-order valence-electron chi connectivity index (χ2n) is 4.40. The van der Waals surface area contributed by atoms with Crippen LogP contribution in [0.15, 0.2) is 18.2 Å². The van der Waals surface area contributed by atoms with Crippen molar-refractivity contribution in [2.45, 2.75) is 25.8 Å². The Bertz CT molecular complexity index is 363. The van der Waals surface area contributed by atoms with Gasteiger partial charge in [-0.25, -0.2) is 0 Å². The van der Waals surface area contributed by atoms with Crippen molar-refractivity contribution >= 4 is 11.8 Å². The summed E-state index contributed by atoms with van der Waals surface area (Å²) >= 11 is 1.87. The average Bonchev–Trinajstić information content (AvgIpc) is 2.47. The number of rotatable bonds is 9. The quantitative estimate of drug-likeness (QED) is 0.751. The number of benzene rings is 1. The lowest BCUT2D eigenvalue weighted by atomic mass is 10.0. The molecule has 19 heavy (non-hydrogen) atoms. The minimum Gasteiger partial charge on any atom is -0.497 e. The van der Waals surface area contributed by atoms with Crippen molar-refractivity contribution in [2.24, 2.45) is 0 Å². The molecule has 1 rings (SSSR count). The molecule has 4 heteroatoms. The smallest absolute Gasteiger partial charge is 0.123 e. The van der Waals surface area contributed by atoms with E-state index in [2.05, 4.69) is 24.6 Å². The van der Waals surface area contributed by atoms with Crippen LogP contribution in [0.25, 0.3) is 0 Å². The third kappa shape index (κ3) is 4.96. The molecule has 0 heterocycles. The number of ether oxygens (including phenoxy) is 2. The van der Waals surface area contributed by atoms with Crippen molar-refractivity contribution in [3.05, 3.63) is 23.8 Å². The molecule has 0 aliphatic heterocycles. The molecule has 0 aliphatic rings. The lowest BCUT2D eigenvalue weighted by molar-refractivity contribution is 0.388. The molecule has 1 aromatic rings. The summed E-state index contributed by atoms with van der Waals surface area (Å²) in [5.41, 5.74) is 1.18. The summed E-state index contributed by atoms with van der Waals surface area (Å²) in [5.74, 6) is 2.93. The van der Waals surface area contributed by atoms with Crippen LogP contribution in [0.2, 0.25) is 0 Å². The topological polar surface area (TPSA) is 30.5 Å². The highest BCUT2D eigenvalue weighted by Gasteiger charge is 2.16. The van der Waals surface area contributed by atoms with Crippen molar-refractivity contribution in [3.8, 4) is 11.5 Å². The Hall–Kier alpha value is -0.870. The molecule has 0 radical (unpaired) electrons. The molecule has 0 amide bonds. The fraction of sp³-hybridized carbons (Fsp3) is 0.600. The van der Waals surface area contributed by atoms with E-state index in [0.29, 0.717) is 6.04 Å². The molecular weight excluding hydrogens is 258 g/mol. The maximum Gasteiger partial charge on any atom is 0.123 e. The zero-order valence-corrected chi connectivity index (χ0v) is 13.2. The van der Waals surface area contributed by atoms with E-state index >= 15 is 0 Å². The van der Waals surface area contributed by atoms with Gasteiger partial charge < -0.3 is 14.8 Å². The summed E-state index contributed by atoms with van der Waals surface area (Å²) in [6, 6.07) is 6.31. The van der Waals surface area contributed by atoms with Gasteiger partial charge in [0.1, 0.15) is 11.5 Å². The Balaban J connectivity index is 2.96. The highest BCUT2D eigenvalue weighted by molar-refractivity contribution is 7.98. The monoisotopic (exact) mass is 283 g/mol. The summed E-state index contributed by atoms with van der Waals surface area (Å²) in [5, 5.41) is 3.60. The van der Waals surface area contributed by atoms with Crippen LogP contribution < -0.4 is 14.8 Å². The van der Waals surface area contributed by atoms with Crippen LogP contribution in [0.4, 0.5) is 0 Å². The van der Waals surface area contributed by atoms with E-state index in [1.54, 1.807) is 14.2 Å². The molecule has 0 aliphatic carbocycles. The fourth-order valence-electron chi connectivity index (χ4n) is 2.03. The number of hydrogen-bond donors (Lipinski definition) is 1. The van der Waals surface area contributed by atoms with Crippen LogP contribution in [-0.4, -0.2) is 32.8 Å². The molecule has 1 unspecified atom stereocenters. The summed E-state index contributed by atoms with van der Waals surface area (Å²) in [4.78, 5) is 0. The third-order valence-electron chi connectivity index (χ3n) is 3.06. The van der Waals surface area contributed by atoms with Gasteiger partial charge in [0.2, 0.25) is 0 Å². The van der Waals surface area contributed by atoms with E-state index in [1.165, 1.54) is 5.56 Å². The van der Waals surface area contributed by atoms with Gasteiger partial charge in [0, 0.05) is 11.6 Å². The maximum atomic E-state index is 5.48. The molecule has 108 valence electrons. The zero-order chi connectivity index (χ0) is 14.1. The minimum absolute atomic E-state index is 0.317. The Kier molecular flexibility index (Phi) is 7.75. The van der Waals surface area contributed by atoms with E-state index < -0.39 is 0 Å². The molecule has 0 saturated carbocycles. The van der Waals surface area contributed by atoms with Crippen molar-refractivity contribution in [3.63, 3.8) is 0 Å².